The first-order valence-electron chi connectivity index (χ1n) is 12.4. The molecule has 1 aliphatic carbocycles. The molecule has 0 spiro atoms. The standard InChI is InChI=1S/C27H36O11/c1-12-23(30)25(32)26(33)27(38-12)37-11-17-15(10-28)5-13-6-19(34-2)18(29)9-16(13)22(17)14-7-20(35-3)24(31)21(8-14)36-4/h6-9,12,15,17,22-23,25-33H,5,10-11H2,1-4H3/t12-,15-,17-,22-,23-,25+,26+,27+/m0/s1. The fourth-order valence-corrected chi connectivity index (χ4v) is 5.50. The highest BCUT2D eigenvalue weighted by Gasteiger charge is 2.44. The smallest absolute Gasteiger partial charge is 0.200 e. The molecule has 1 aliphatic heterocycles. The van der Waals surface area contributed by atoms with E-state index in [1.807, 2.05) is 0 Å². The van der Waals surface area contributed by atoms with E-state index in [-0.39, 0.29) is 42.1 Å². The number of aliphatic hydroxyl groups is 4. The molecule has 2 aromatic carbocycles. The number of fused-ring (bicyclic) bond motifs is 1. The van der Waals surface area contributed by atoms with Crippen LogP contribution in [0.25, 0.3) is 0 Å². The van der Waals surface area contributed by atoms with Gasteiger partial charge in [-0.25, -0.2) is 0 Å². The van der Waals surface area contributed by atoms with Crippen LogP contribution in [0.15, 0.2) is 24.3 Å². The Balaban J connectivity index is 1.78. The van der Waals surface area contributed by atoms with Crippen molar-refractivity contribution in [3.63, 3.8) is 0 Å². The fourth-order valence-electron chi connectivity index (χ4n) is 5.50. The van der Waals surface area contributed by atoms with Gasteiger partial charge in [-0.2, -0.15) is 0 Å². The molecule has 1 heterocycles. The van der Waals surface area contributed by atoms with Gasteiger partial charge in [0.2, 0.25) is 5.75 Å². The predicted octanol–water partition coefficient (Wildman–Crippen LogP) is 0.880. The van der Waals surface area contributed by atoms with Gasteiger partial charge in [0, 0.05) is 12.5 Å². The van der Waals surface area contributed by atoms with Crippen LogP contribution in [0.4, 0.5) is 0 Å². The van der Waals surface area contributed by atoms with E-state index in [2.05, 4.69) is 0 Å². The monoisotopic (exact) mass is 536 g/mol. The molecule has 210 valence electrons. The van der Waals surface area contributed by atoms with Crippen molar-refractivity contribution >= 4 is 0 Å². The van der Waals surface area contributed by atoms with Crippen molar-refractivity contribution in [1.82, 2.24) is 0 Å². The van der Waals surface area contributed by atoms with Crippen molar-refractivity contribution in [1.29, 1.82) is 0 Å². The van der Waals surface area contributed by atoms with Crippen LogP contribution in [0.3, 0.4) is 0 Å². The van der Waals surface area contributed by atoms with E-state index < -0.39 is 42.5 Å². The highest BCUT2D eigenvalue weighted by atomic mass is 16.7. The quantitative estimate of drug-likeness (QED) is 0.283. The summed E-state index contributed by atoms with van der Waals surface area (Å²) in [4.78, 5) is 0. The molecule has 0 amide bonds. The Hall–Kier alpha value is -2.80. The highest BCUT2D eigenvalue weighted by molar-refractivity contribution is 5.57. The van der Waals surface area contributed by atoms with Crippen LogP contribution in [0.2, 0.25) is 0 Å². The number of phenolic OH excluding ortho intramolecular Hbond substituents is 2. The topological polar surface area (TPSA) is 168 Å². The summed E-state index contributed by atoms with van der Waals surface area (Å²) in [5.74, 6) is -0.773. The molecule has 38 heavy (non-hydrogen) atoms. The second-order valence-electron chi connectivity index (χ2n) is 9.80. The van der Waals surface area contributed by atoms with Crippen LogP contribution < -0.4 is 14.2 Å². The molecule has 0 unspecified atom stereocenters. The predicted molar refractivity (Wildman–Crippen MR) is 134 cm³/mol. The van der Waals surface area contributed by atoms with Crippen LogP contribution in [0, 0.1) is 11.8 Å². The third kappa shape index (κ3) is 5.09. The lowest BCUT2D eigenvalue weighted by molar-refractivity contribution is -0.296. The summed E-state index contributed by atoms with van der Waals surface area (Å²) in [6.45, 7) is 1.37. The van der Waals surface area contributed by atoms with Crippen LogP contribution >= 0.6 is 0 Å². The Bertz CT molecular complexity index is 1100. The summed E-state index contributed by atoms with van der Waals surface area (Å²) in [6, 6.07) is 6.67. The van der Waals surface area contributed by atoms with Gasteiger partial charge >= 0.3 is 0 Å². The molecule has 0 bridgehead atoms. The van der Waals surface area contributed by atoms with Crippen molar-refractivity contribution in [2.45, 2.75) is 50.0 Å². The van der Waals surface area contributed by atoms with Gasteiger partial charge in [0.05, 0.1) is 34.0 Å². The Morgan fingerprint density at radius 1 is 0.868 bits per heavy atom. The summed E-state index contributed by atoms with van der Waals surface area (Å²) >= 11 is 0. The SMILES string of the molecule is COc1cc2c(cc1O)[C@H](c1cc(OC)c(O)c(OC)c1)[C@@H](CO[C@@H]1O[C@@H](C)[C@H](O)[C@@H](O)[C@H]1O)[C@H](CO)C2. The third-order valence-corrected chi connectivity index (χ3v) is 7.65. The minimum absolute atomic E-state index is 0.00903. The maximum Gasteiger partial charge on any atom is 0.200 e. The zero-order valence-corrected chi connectivity index (χ0v) is 21.8. The summed E-state index contributed by atoms with van der Waals surface area (Å²) in [6.07, 6.45) is -5.73. The molecular weight excluding hydrogens is 500 g/mol. The van der Waals surface area contributed by atoms with E-state index >= 15 is 0 Å². The summed E-state index contributed by atoms with van der Waals surface area (Å²) < 4.78 is 27.6. The number of phenols is 2. The van der Waals surface area contributed by atoms with E-state index in [0.29, 0.717) is 17.7 Å². The van der Waals surface area contributed by atoms with Gasteiger partial charge < -0.3 is 54.3 Å². The third-order valence-electron chi connectivity index (χ3n) is 7.65. The normalized spacial score (nSPS) is 30.9. The number of aromatic hydroxyl groups is 2. The molecule has 1 saturated heterocycles. The van der Waals surface area contributed by atoms with Gasteiger partial charge in [-0.15, -0.1) is 0 Å². The van der Waals surface area contributed by atoms with Crippen molar-refractivity contribution in [2.24, 2.45) is 11.8 Å². The number of methoxy groups -OCH3 is 3. The van der Waals surface area contributed by atoms with Crippen molar-refractivity contribution < 1.29 is 54.3 Å². The summed E-state index contributed by atoms with van der Waals surface area (Å²) in [7, 11) is 4.30. The molecule has 11 heteroatoms. The van der Waals surface area contributed by atoms with Crippen LogP contribution in [-0.4, -0.2) is 95.9 Å². The van der Waals surface area contributed by atoms with Crippen LogP contribution in [0.1, 0.15) is 29.5 Å². The number of ether oxygens (including phenoxy) is 5. The maximum absolute atomic E-state index is 10.6. The Morgan fingerprint density at radius 2 is 1.50 bits per heavy atom. The molecule has 6 N–H and O–H groups in total. The molecule has 11 nitrogen and oxygen atoms in total. The minimum Gasteiger partial charge on any atom is -0.504 e. The first-order chi connectivity index (χ1) is 18.1. The first kappa shape index (κ1) is 28.2. The summed E-state index contributed by atoms with van der Waals surface area (Å²) in [5, 5.41) is 62.2. The second kappa shape index (κ2) is 11.5. The molecular formula is C27H36O11. The van der Waals surface area contributed by atoms with E-state index in [0.717, 1.165) is 11.1 Å². The van der Waals surface area contributed by atoms with E-state index in [9.17, 15) is 30.6 Å². The number of aliphatic hydroxyl groups excluding tert-OH is 4. The van der Waals surface area contributed by atoms with Gasteiger partial charge in [0.15, 0.2) is 29.3 Å². The number of rotatable bonds is 8. The maximum atomic E-state index is 10.6. The second-order valence-corrected chi connectivity index (χ2v) is 9.80. The number of hydrogen-bond donors (Lipinski definition) is 6. The summed E-state index contributed by atoms with van der Waals surface area (Å²) in [5.41, 5.74) is 2.28. The highest BCUT2D eigenvalue weighted by Crippen LogP contribution is 2.50. The number of hydrogen-bond acceptors (Lipinski definition) is 11. The van der Waals surface area contributed by atoms with E-state index in [4.69, 9.17) is 23.7 Å². The van der Waals surface area contributed by atoms with Gasteiger partial charge in [-0.1, -0.05) is 0 Å². The van der Waals surface area contributed by atoms with Gasteiger partial charge in [-0.3, -0.25) is 0 Å². The first-order valence-corrected chi connectivity index (χ1v) is 12.4. The molecule has 2 aliphatic rings. The molecule has 0 saturated carbocycles. The number of benzene rings is 2. The van der Waals surface area contributed by atoms with Crippen molar-refractivity contribution in [2.75, 3.05) is 34.5 Å². The average molecular weight is 537 g/mol. The lowest BCUT2D eigenvalue weighted by Crippen LogP contribution is -2.57. The molecule has 0 aromatic heterocycles. The van der Waals surface area contributed by atoms with E-state index in [1.165, 1.54) is 21.3 Å². The zero-order valence-electron chi connectivity index (χ0n) is 21.8. The molecule has 4 rings (SSSR count). The van der Waals surface area contributed by atoms with Crippen molar-refractivity contribution in [3.05, 3.63) is 41.0 Å². The van der Waals surface area contributed by atoms with Gasteiger partial charge in [0.1, 0.15) is 18.3 Å². The lowest BCUT2D eigenvalue weighted by Gasteiger charge is -2.42. The average Bonchev–Trinajstić information content (AvgIpc) is 2.92. The minimum atomic E-state index is -1.48. The van der Waals surface area contributed by atoms with Gasteiger partial charge in [-0.05, 0) is 66.1 Å². The largest absolute Gasteiger partial charge is 0.504 e. The fraction of sp³-hybridized carbons (Fsp3) is 0.556. The lowest BCUT2D eigenvalue weighted by atomic mass is 9.66. The molecule has 2 aromatic rings. The van der Waals surface area contributed by atoms with Crippen LogP contribution in [0.5, 0.6) is 28.7 Å². The molecule has 0 radical (unpaired) electrons. The van der Waals surface area contributed by atoms with Crippen molar-refractivity contribution in [3.8, 4) is 28.7 Å². The molecule has 1 fully saturated rings. The van der Waals surface area contributed by atoms with Gasteiger partial charge in [0.25, 0.3) is 0 Å². The zero-order chi connectivity index (χ0) is 27.7. The van der Waals surface area contributed by atoms with E-state index in [1.54, 1.807) is 31.2 Å². The Labute approximate surface area is 220 Å². The Morgan fingerprint density at radius 3 is 2.08 bits per heavy atom. The Kier molecular flexibility index (Phi) is 8.55. The molecule has 8 atom stereocenters. The van der Waals surface area contributed by atoms with Crippen LogP contribution in [-0.2, 0) is 15.9 Å².